The van der Waals surface area contributed by atoms with Crippen LogP contribution in [0.15, 0.2) is 46.0 Å². The van der Waals surface area contributed by atoms with E-state index in [1.165, 1.54) is 22.7 Å². The summed E-state index contributed by atoms with van der Waals surface area (Å²) in [5.74, 6) is -0.298. The fourth-order valence-corrected chi connectivity index (χ4v) is 4.44. The summed E-state index contributed by atoms with van der Waals surface area (Å²) in [6.07, 6.45) is 0. The Hall–Kier alpha value is -2.06. The Balaban J connectivity index is 1.88. The lowest BCUT2D eigenvalue weighted by Crippen LogP contribution is -2.18. The van der Waals surface area contributed by atoms with Crippen LogP contribution in [0.3, 0.4) is 0 Å². The molecule has 1 amide bonds. The van der Waals surface area contributed by atoms with Gasteiger partial charge >= 0.3 is 0 Å². The molecule has 0 radical (unpaired) electrons. The molecule has 138 valence electrons. The molecule has 27 heavy (non-hydrogen) atoms. The predicted molar refractivity (Wildman–Crippen MR) is 114 cm³/mol. The highest BCUT2D eigenvalue weighted by Crippen LogP contribution is 2.41. The molecule has 1 N–H and O–H groups in total. The van der Waals surface area contributed by atoms with Crippen LogP contribution in [-0.4, -0.2) is 11.6 Å². The molecule has 0 aliphatic heterocycles. The second kappa shape index (κ2) is 8.31. The Kier molecular flexibility index (Phi) is 6.06. The van der Waals surface area contributed by atoms with E-state index < -0.39 is 0 Å². The zero-order valence-electron chi connectivity index (χ0n) is 14.2. The van der Waals surface area contributed by atoms with Crippen LogP contribution in [0.1, 0.15) is 27.0 Å². The smallest absolute Gasteiger partial charge is 0.266 e. The third-order valence-corrected chi connectivity index (χ3v) is 6.47. The number of carbonyl (C=O) groups is 1. The van der Waals surface area contributed by atoms with E-state index in [1.807, 2.05) is 13.0 Å². The van der Waals surface area contributed by atoms with Gasteiger partial charge in [0.25, 0.3) is 5.91 Å². The van der Waals surface area contributed by atoms with Crippen LogP contribution in [-0.2, 0) is 0 Å². The van der Waals surface area contributed by atoms with Gasteiger partial charge < -0.3 is 0 Å². The number of nitrogens with one attached hydrogen (secondary N) is 1. The number of amides is 1. The minimum atomic E-state index is -0.298. The van der Waals surface area contributed by atoms with E-state index in [2.05, 4.69) is 15.7 Å². The summed E-state index contributed by atoms with van der Waals surface area (Å²) in [5, 5.41) is 9.87. The fourth-order valence-electron chi connectivity index (χ4n) is 2.35. The summed E-state index contributed by atoms with van der Waals surface area (Å²) >= 11 is 14.7. The minimum absolute atomic E-state index is 0.251. The monoisotopic (exact) mass is 437 g/mol. The molecule has 2 heterocycles. The van der Waals surface area contributed by atoms with Crippen LogP contribution < -0.4 is 5.43 Å². The van der Waals surface area contributed by atoms with Gasteiger partial charge in [0.05, 0.1) is 25.5 Å². The van der Waals surface area contributed by atoms with Crippen molar-refractivity contribution in [1.82, 2.24) is 5.43 Å². The molecule has 0 aliphatic rings. The molecule has 9 heteroatoms. The van der Waals surface area contributed by atoms with Crippen LogP contribution in [0.25, 0.3) is 10.4 Å². The maximum absolute atomic E-state index is 12.1. The lowest BCUT2D eigenvalue weighted by Gasteiger charge is -2.03. The first-order valence-electron chi connectivity index (χ1n) is 7.72. The van der Waals surface area contributed by atoms with Crippen molar-refractivity contribution in [2.75, 3.05) is 0 Å². The van der Waals surface area contributed by atoms with Crippen molar-refractivity contribution in [2.45, 2.75) is 13.8 Å². The number of benzene rings is 1. The average Bonchev–Trinajstić information content (AvgIpc) is 3.27. The van der Waals surface area contributed by atoms with E-state index in [4.69, 9.17) is 23.2 Å². The second-order valence-corrected chi connectivity index (χ2v) is 8.58. The number of aryl methyl sites for hydroxylation is 1. The number of rotatable bonds is 5. The molecule has 0 saturated carbocycles. The van der Waals surface area contributed by atoms with Crippen molar-refractivity contribution in [2.24, 2.45) is 10.3 Å². The van der Waals surface area contributed by atoms with E-state index in [-0.39, 0.29) is 11.6 Å². The van der Waals surface area contributed by atoms with Gasteiger partial charge in [-0.25, -0.2) is 5.43 Å². The zero-order chi connectivity index (χ0) is 19.6. The van der Waals surface area contributed by atoms with Crippen LogP contribution in [0.4, 0.5) is 5.69 Å². The standard InChI is InChI=1S/C18H13Cl2N3O2S2/c1-9-3-6-15(27-9)18(24)22-21-10(2)12-8-26-17(16(12)23-25)11-4-5-13(19)14(20)7-11/h3-8H,1-2H3,(H,22,24)/b21-10+. The number of thiophene rings is 2. The molecule has 5 nitrogen and oxygen atoms in total. The van der Waals surface area contributed by atoms with Gasteiger partial charge in [-0.1, -0.05) is 29.3 Å². The van der Waals surface area contributed by atoms with Gasteiger partial charge in [0.15, 0.2) is 0 Å². The Morgan fingerprint density at radius 1 is 1.15 bits per heavy atom. The fraction of sp³-hybridized carbons (Fsp3) is 0.111. The van der Waals surface area contributed by atoms with Crippen molar-refractivity contribution >= 4 is 63.2 Å². The van der Waals surface area contributed by atoms with Crippen molar-refractivity contribution in [3.8, 4) is 10.4 Å². The van der Waals surface area contributed by atoms with Gasteiger partial charge in [0, 0.05) is 15.8 Å². The molecule has 0 unspecified atom stereocenters. The summed E-state index contributed by atoms with van der Waals surface area (Å²) in [6.45, 7) is 3.63. The van der Waals surface area contributed by atoms with E-state index in [0.29, 0.717) is 31.1 Å². The zero-order valence-corrected chi connectivity index (χ0v) is 17.4. The molecule has 0 saturated heterocycles. The maximum Gasteiger partial charge on any atom is 0.281 e. The molecule has 0 spiro atoms. The van der Waals surface area contributed by atoms with E-state index in [1.54, 1.807) is 36.6 Å². The average molecular weight is 438 g/mol. The molecule has 1 aromatic carbocycles. The largest absolute Gasteiger partial charge is 0.281 e. The van der Waals surface area contributed by atoms with Crippen LogP contribution in [0, 0.1) is 11.8 Å². The van der Waals surface area contributed by atoms with Crippen LogP contribution >= 0.6 is 45.9 Å². The quantitative estimate of drug-likeness (QED) is 0.275. The van der Waals surface area contributed by atoms with Crippen molar-refractivity contribution in [1.29, 1.82) is 0 Å². The summed E-state index contributed by atoms with van der Waals surface area (Å²) in [6, 6.07) is 8.73. The van der Waals surface area contributed by atoms with Crippen molar-refractivity contribution in [3.63, 3.8) is 0 Å². The van der Waals surface area contributed by atoms with Crippen molar-refractivity contribution in [3.05, 3.63) is 66.0 Å². The first kappa shape index (κ1) is 19.7. The first-order chi connectivity index (χ1) is 12.9. The predicted octanol–water partition coefficient (Wildman–Crippen LogP) is 6.64. The van der Waals surface area contributed by atoms with Gasteiger partial charge in [-0.05, 0) is 48.9 Å². The van der Waals surface area contributed by atoms with Gasteiger partial charge in [-0.15, -0.1) is 27.6 Å². The van der Waals surface area contributed by atoms with Crippen LogP contribution in [0.5, 0.6) is 0 Å². The van der Waals surface area contributed by atoms with Gasteiger partial charge in [0.1, 0.15) is 5.69 Å². The SMILES string of the molecule is C/C(=N\NC(=O)c1ccc(C)s1)c1csc(-c2ccc(Cl)c(Cl)c2)c1N=O. The summed E-state index contributed by atoms with van der Waals surface area (Å²) in [5.41, 5.74) is 4.53. The number of hydrazone groups is 1. The Morgan fingerprint density at radius 2 is 1.93 bits per heavy atom. The number of nitrogens with zero attached hydrogens (tertiary/aromatic N) is 2. The molecule has 0 atom stereocenters. The Morgan fingerprint density at radius 3 is 2.56 bits per heavy atom. The van der Waals surface area contributed by atoms with Crippen molar-refractivity contribution < 1.29 is 4.79 Å². The van der Waals surface area contributed by atoms with E-state index in [9.17, 15) is 9.70 Å². The molecule has 3 aromatic rings. The molecule has 3 rings (SSSR count). The summed E-state index contributed by atoms with van der Waals surface area (Å²) < 4.78 is 0. The number of hydrogen-bond donors (Lipinski definition) is 1. The first-order valence-corrected chi connectivity index (χ1v) is 10.2. The lowest BCUT2D eigenvalue weighted by atomic mass is 10.1. The van der Waals surface area contributed by atoms with E-state index >= 15 is 0 Å². The Bertz CT molecular complexity index is 1060. The Labute approximate surface area is 173 Å². The molecular weight excluding hydrogens is 425 g/mol. The molecule has 0 bridgehead atoms. The number of halogens is 2. The van der Waals surface area contributed by atoms with Gasteiger partial charge in [-0.3, -0.25) is 4.79 Å². The highest BCUT2D eigenvalue weighted by atomic mass is 35.5. The number of nitroso groups, excluding NO2 is 1. The van der Waals surface area contributed by atoms with E-state index in [0.717, 1.165) is 10.4 Å². The third-order valence-electron chi connectivity index (χ3n) is 3.72. The van der Waals surface area contributed by atoms with Gasteiger partial charge in [0.2, 0.25) is 0 Å². The molecule has 0 fully saturated rings. The third kappa shape index (κ3) is 4.27. The normalized spacial score (nSPS) is 11.5. The number of hydrogen-bond acceptors (Lipinski definition) is 6. The highest BCUT2D eigenvalue weighted by molar-refractivity contribution is 7.14. The molecule has 2 aromatic heterocycles. The minimum Gasteiger partial charge on any atom is -0.266 e. The maximum atomic E-state index is 12.1. The molecule has 0 aliphatic carbocycles. The number of carbonyl (C=O) groups excluding carboxylic acids is 1. The second-order valence-electron chi connectivity index (χ2n) is 5.60. The van der Waals surface area contributed by atoms with Crippen LogP contribution in [0.2, 0.25) is 10.0 Å². The highest BCUT2D eigenvalue weighted by Gasteiger charge is 2.18. The van der Waals surface area contributed by atoms with Gasteiger partial charge in [-0.2, -0.15) is 5.10 Å². The lowest BCUT2D eigenvalue weighted by molar-refractivity contribution is 0.0959. The molecular formula is C18H13Cl2N3O2S2. The summed E-state index contributed by atoms with van der Waals surface area (Å²) in [7, 11) is 0. The topological polar surface area (TPSA) is 70.9 Å². The summed E-state index contributed by atoms with van der Waals surface area (Å²) in [4.78, 5) is 25.9.